The first-order chi connectivity index (χ1) is 8.75. The number of hydrogen-bond acceptors (Lipinski definition) is 3. The number of halogens is 2. The van der Waals surface area contributed by atoms with Crippen molar-refractivity contribution in [2.45, 2.75) is 12.3 Å². The third-order valence-electron chi connectivity index (χ3n) is 3.16. The molecule has 1 fully saturated rings. The van der Waals surface area contributed by atoms with Gasteiger partial charge >= 0.3 is 0 Å². The lowest BCUT2D eigenvalue weighted by Gasteiger charge is -2.04. The van der Waals surface area contributed by atoms with E-state index in [1.54, 1.807) is 12.1 Å². The van der Waals surface area contributed by atoms with Gasteiger partial charge in [0.25, 0.3) is 0 Å². The molecule has 2 aromatic rings. The van der Waals surface area contributed by atoms with Crippen LogP contribution in [0.3, 0.4) is 0 Å². The Morgan fingerprint density at radius 3 is 3.00 bits per heavy atom. The van der Waals surface area contributed by atoms with E-state index in [9.17, 15) is 4.39 Å². The summed E-state index contributed by atoms with van der Waals surface area (Å²) < 4.78 is 15.0. The fraction of sp³-hybridized carbons (Fsp3) is 0.333. The normalized spacial score (nSPS) is 19.3. The molecule has 4 nitrogen and oxygen atoms in total. The van der Waals surface area contributed by atoms with Crippen LogP contribution < -0.4 is 5.32 Å². The number of hydrogen-bond donors (Lipinski definition) is 2. The maximum absolute atomic E-state index is 14.3. The van der Waals surface area contributed by atoms with E-state index in [4.69, 9.17) is 0 Å². The summed E-state index contributed by atoms with van der Waals surface area (Å²) in [6, 6.07) is 5.37. The molecule has 0 spiro atoms. The third-order valence-corrected chi connectivity index (χ3v) is 3.60. The third kappa shape index (κ3) is 2.06. The fourth-order valence-electron chi connectivity index (χ4n) is 2.22. The van der Waals surface area contributed by atoms with E-state index in [2.05, 4.69) is 36.4 Å². The van der Waals surface area contributed by atoms with Crippen molar-refractivity contribution in [1.29, 1.82) is 0 Å². The lowest BCUT2D eigenvalue weighted by atomic mass is 10.0. The van der Waals surface area contributed by atoms with Crippen molar-refractivity contribution in [1.82, 2.24) is 20.5 Å². The standard InChI is InChI=1S/C12H12BrFN4/c13-9-3-1-2-8(16-9)12-10(14)11(17-18-12)7-4-5-15-6-7/h1-3,7,15H,4-6H2,(H,17,18). The maximum Gasteiger partial charge on any atom is 0.173 e. The Hall–Kier alpha value is -1.27. The Balaban J connectivity index is 1.98. The zero-order valence-electron chi connectivity index (χ0n) is 9.58. The van der Waals surface area contributed by atoms with Crippen LogP contribution in [-0.2, 0) is 0 Å². The van der Waals surface area contributed by atoms with Crippen molar-refractivity contribution in [3.8, 4) is 11.4 Å². The van der Waals surface area contributed by atoms with Gasteiger partial charge in [-0.25, -0.2) is 9.37 Å². The molecule has 0 aromatic carbocycles. The monoisotopic (exact) mass is 310 g/mol. The van der Waals surface area contributed by atoms with Crippen molar-refractivity contribution < 1.29 is 4.39 Å². The lowest BCUT2D eigenvalue weighted by Crippen LogP contribution is -2.09. The lowest BCUT2D eigenvalue weighted by molar-refractivity contribution is 0.587. The van der Waals surface area contributed by atoms with Gasteiger partial charge in [-0.3, -0.25) is 5.10 Å². The van der Waals surface area contributed by atoms with E-state index >= 15 is 0 Å². The topological polar surface area (TPSA) is 53.6 Å². The number of H-pyrrole nitrogens is 1. The second-order valence-electron chi connectivity index (χ2n) is 4.34. The molecule has 3 heterocycles. The molecule has 0 saturated carbocycles. The van der Waals surface area contributed by atoms with E-state index in [0.717, 1.165) is 19.5 Å². The first-order valence-electron chi connectivity index (χ1n) is 5.83. The van der Waals surface area contributed by atoms with Gasteiger partial charge in [0, 0.05) is 12.5 Å². The molecular weight excluding hydrogens is 299 g/mol. The van der Waals surface area contributed by atoms with E-state index in [1.165, 1.54) is 0 Å². The van der Waals surface area contributed by atoms with Crippen LogP contribution >= 0.6 is 15.9 Å². The predicted molar refractivity (Wildman–Crippen MR) is 69.7 cm³/mol. The Labute approximate surface area is 112 Å². The quantitative estimate of drug-likeness (QED) is 0.838. The molecule has 94 valence electrons. The average Bonchev–Trinajstić information content (AvgIpc) is 2.97. The second kappa shape index (κ2) is 4.78. The predicted octanol–water partition coefficient (Wildman–Crippen LogP) is 2.45. The van der Waals surface area contributed by atoms with Crippen LogP contribution in [0.2, 0.25) is 0 Å². The van der Waals surface area contributed by atoms with E-state index < -0.39 is 0 Å². The minimum Gasteiger partial charge on any atom is -0.316 e. The van der Waals surface area contributed by atoms with Crippen molar-refractivity contribution in [2.24, 2.45) is 0 Å². The first kappa shape index (κ1) is 11.8. The highest BCUT2D eigenvalue weighted by atomic mass is 79.9. The Bertz CT molecular complexity index is 563. The van der Waals surface area contributed by atoms with Crippen LogP contribution in [0, 0.1) is 5.82 Å². The number of nitrogens with one attached hydrogen (secondary N) is 2. The van der Waals surface area contributed by atoms with Crippen molar-refractivity contribution in [3.63, 3.8) is 0 Å². The summed E-state index contributed by atoms with van der Waals surface area (Å²) in [7, 11) is 0. The second-order valence-corrected chi connectivity index (χ2v) is 5.15. The minimum atomic E-state index is -0.283. The molecule has 1 aliphatic rings. The summed E-state index contributed by atoms with van der Waals surface area (Å²) in [5.74, 6) is -0.104. The summed E-state index contributed by atoms with van der Waals surface area (Å²) in [6.45, 7) is 1.72. The highest BCUT2D eigenvalue weighted by Gasteiger charge is 2.25. The van der Waals surface area contributed by atoms with Gasteiger partial charge in [0.15, 0.2) is 5.82 Å². The van der Waals surface area contributed by atoms with Gasteiger partial charge < -0.3 is 5.32 Å². The highest BCUT2D eigenvalue weighted by Crippen LogP contribution is 2.28. The van der Waals surface area contributed by atoms with Crippen LogP contribution in [-0.4, -0.2) is 28.3 Å². The van der Waals surface area contributed by atoms with E-state index in [0.29, 0.717) is 16.0 Å². The van der Waals surface area contributed by atoms with Crippen LogP contribution in [0.4, 0.5) is 4.39 Å². The van der Waals surface area contributed by atoms with Gasteiger partial charge in [0.05, 0.1) is 11.4 Å². The maximum atomic E-state index is 14.3. The summed E-state index contributed by atoms with van der Waals surface area (Å²) in [5.41, 5.74) is 1.41. The Morgan fingerprint density at radius 1 is 1.39 bits per heavy atom. The summed E-state index contributed by atoms with van der Waals surface area (Å²) in [6.07, 6.45) is 0.935. The van der Waals surface area contributed by atoms with Crippen LogP contribution in [0.5, 0.6) is 0 Å². The van der Waals surface area contributed by atoms with E-state index in [-0.39, 0.29) is 17.4 Å². The first-order valence-corrected chi connectivity index (χ1v) is 6.62. The molecule has 2 N–H and O–H groups in total. The van der Waals surface area contributed by atoms with Gasteiger partial charge in [-0.2, -0.15) is 5.10 Å². The molecule has 1 saturated heterocycles. The molecule has 2 aromatic heterocycles. The average molecular weight is 311 g/mol. The number of rotatable bonds is 2. The SMILES string of the molecule is Fc1c(-c2cccc(Br)n2)n[nH]c1C1CCNC1. The zero-order valence-corrected chi connectivity index (χ0v) is 11.2. The molecule has 1 atom stereocenters. The Morgan fingerprint density at radius 2 is 2.28 bits per heavy atom. The molecule has 1 unspecified atom stereocenters. The smallest absolute Gasteiger partial charge is 0.173 e. The fourth-order valence-corrected chi connectivity index (χ4v) is 2.57. The number of aromatic nitrogens is 3. The minimum absolute atomic E-state index is 0.179. The van der Waals surface area contributed by atoms with Crippen molar-refractivity contribution in [2.75, 3.05) is 13.1 Å². The summed E-state index contributed by atoms with van der Waals surface area (Å²) >= 11 is 3.28. The van der Waals surface area contributed by atoms with Crippen molar-refractivity contribution in [3.05, 3.63) is 34.3 Å². The number of nitrogens with zero attached hydrogens (tertiary/aromatic N) is 2. The Kier molecular flexibility index (Phi) is 3.13. The van der Waals surface area contributed by atoms with Gasteiger partial charge in [-0.15, -0.1) is 0 Å². The van der Waals surface area contributed by atoms with Crippen LogP contribution in [0.15, 0.2) is 22.8 Å². The summed E-state index contributed by atoms with van der Waals surface area (Å²) in [4.78, 5) is 4.22. The molecule has 0 aliphatic carbocycles. The van der Waals surface area contributed by atoms with Gasteiger partial charge in [0.2, 0.25) is 0 Å². The largest absolute Gasteiger partial charge is 0.316 e. The summed E-state index contributed by atoms with van der Waals surface area (Å²) in [5, 5.41) is 10.1. The van der Waals surface area contributed by atoms with Gasteiger partial charge in [-0.1, -0.05) is 6.07 Å². The van der Waals surface area contributed by atoms with Gasteiger partial charge in [-0.05, 0) is 41.0 Å². The van der Waals surface area contributed by atoms with Crippen molar-refractivity contribution >= 4 is 15.9 Å². The number of pyridine rings is 1. The molecule has 18 heavy (non-hydrogen) atoms. The zero-order chi connectivity index (χ0) is 12.5. The van der Waals surface area contributed by atoms with Gasteiger partial charge in [0.1, 0.15) is 10.3 Å². The molecular formula is C12H12BrFN4. The van der Waals surface area contributed by atoms with Crippen LogP contribution in [0.1, 0.15) is 18.0 Å². The highest BCUT2D eigenvalue weighted by molar-refractivity contribution is 9.10. The molecule has 1 aliphatic heterocycles. The molecule has 3 rings (SSSR count). The molecule has 0 amide bonds. The number of aromatic amines is 1. The molecule has 0 bridgehead atoms. The molecule has 0 radical (unpaired) electrons. The molecule has 6 heteroatoms. The van der Waals surface area contributed by atoms with E-state index in [1.807, 2.05) is 6.07 Å². The van der Waals surface area contributed by atoms with Crippen LogP contribution in [0.25, 0.3) is 11.4 Å².